The largest absolute Gasteiger partial charge is 0.487 e. The predicted octanol–water partition coefficient (Wildman–Crippen LogP) is 3.47. The Hall–Kier alpha value is -1.98. The number of aliphatic hydroxyl groups excluding tert-OH is 1. The number of hydrogen-bond acceptors (Lipinski definition) is 3. The molecule has 0 aromatic heterocycles. The minimum atomic E-state index is -0.663. The molecule has 25 heavy (non-hydrogen) atoms. The molecule has 3 nitrogen and oxygen atoms in total. The van der Waals surface area contributed by atoms with Crippen molar-refractivity contribution in [2.24, 2.45) is 0 Å². The van der Waals surface area contributed by atoms with Crippen molar-refractivity contribution in [1.82, 2.24) is 4.90 Å². The van der Waals surface area contributed by atoms with Crippen LogP contribution in [0, 0.1) is 11.6 Å². The molecule has 5 heteroatoms. The Morgan fingerprint density at radius 1 is 1.04 bits per heavy atom. The van der Waals surface area contributed by atoms with Gasteiger partial charge in [-0.15, -0.1) is 0 Å². The van der Waals surface area contributed by atoms with Crippen molar-refractivity contribution < 1.29 is 18.6 Å². The van der Waals surface area contributed by atoms with E-state index in [0.29, 0.717) is 0 Å². The van der Waals surface area contributed by atoms with Crippen LogP contribution in [-0.4, -0.2) is 35.2 Å². The number of benzene rings is 2. The third-order valence-electron chi connectivity index (χ3n) is 5.30. The van der Waals surface area contributed by atoms with Crippen LogP contribution in [0.15, 0.2) is 42.5 Å². The van der Waals surface area contributed by atoms with Gasteiger partial charge in [-0.3, -0.25) is 4.90 Å². The summed E-state index contributed by atoms with van der Waals surface area (Å²) in [6.45, 7) is 1.59. The van der Waals surface area contributed by atoms with Gasteiger partial charge in [-0.25, -0.2) is 8.78 Å². The topological polar surface area (TPSA) is 32.7 Å². The van der Waals surface area contributed by atoms with Crippen molar-refractivity contribution in [1.29, 1.82) is 0 Å². The summed E-state index contributed by atoms with van der Waals surface area (Å²) in [4.78, 5) is 2.30. The van der Waals surface area contributed by atoms with Crippen molar-refractivity contribution in [3.05, 3.63) is 65.2 Å². The van der Waals surface area contributed by atoms with E-state index in [1.54, 1.807) is 0 Å². The maximum Gasteiger partial charge on any atom is 0.167 e. The molecule has 2 aromatic carbocycles. The Bertz CT molecular complexity index is 759. The molecule has 0 amide bonds. The lowest BCUT2D eigenvalue weighted by Gasteiger charge is -2.37. The summed E-state index contributed by atoms with van der Waals surface area (Å²) in [7, 11) is 0. The van der Waals surface area contributed by atoms with Gasteiger partial charge < -0.3 is 9.84 Å². The van der Waals surface area contributed by atoms with Crippen molar-refractivity contribution in [2.45, 2.75) is 37.5 Å². The highest BCUT2D eigenvalue weighted by Gasteiger charge is 2.36. The van der Waals surface area contributed by atoms with Crippen LogP contribution in [-0.2, 0) is 6.42 Å². The molecule has 1 aliphatic carbocycles. The Morgan fingerprint density at radius 3 is 2.52 bits per heavy atom. The number of ether oxygens (including phenoxy) is 1. The molecular weight excluding hydrogens is 324 g/mol. The van der Waals surface area contributed by atoms with Crippen LogP contribution < -0.4 is 4.74 Å². The molecule has 0 bridgehead atoms. The minimum absolute atomic E-state index is 0.0860. The fraction of sp³-hybridized carbons (Fsp3) is 0.400. The van der Waals surface area contributed by atoms with Crippen LogP contribution in [0.4, 0.5) is 8.78 Å². The molecule has 1 N–H and O–H groups in total. The molecule has 0 saturated carbocycles. The highest BCUT2D eigenvalue weighted by Crippen LogP contribution is 2.35. The molecule has 2 aromatic rings. The molecular formula is C20H21F2NO2. The van der Waals surface area contributed by atoms with E-state index in [1.165, 1.54) is 17.7 Å². The molecule has 1 saturated heterocycles. The number of hydrogen-bond donors (Lipinski definition) is 1. The third kappa shape index (κ3) is 3.26. The summed E-state index contributed by atoms with van der Waals surface area (Å²) in [6, 6.07) is 11.5. The average molecular weight is 345 g/mol. The van der Waals surface area contributed by atoms with E-state index in [1.807, 2.05) is 18.2 Å². The third-order valence-corrected chi connectivity index (χ3v) is 5.30. The molecule has 2 unspecified atom stereocenters. The van der Waals surface area contributed by atoms with Crippen LogP contribution in [0.1, 0.15) is 30.1 Å². The summed E-state index contributed by atoms with van der Waals surface area (Å²) >= 11 is 0. The zero-order valence-corrected chi connectivity index (χ0v) is 13.9. The van der Waals surface area contributed by atoms with Crippen LogP contribution in [0.2, 0.25) is 0 Å². The van der Waals surface area contributed by atoms with Crippen molar-refractivity contribution in [3.8, 4) is 5.75 Å². The lowest BCUT2D eigenvalue weighted by Crippen LogP contribution is -2.45. The predicted molar refractivity (Wildman–Crippen MR) is 90.5 cm³/mol. The van der Waals surface area contributed by atoms with Crippen LogP contribution in [0.3, 0.4) is 0 Å². The van der Waals surface area contributed by atoms with Gasteiger partial charge in [0.15, 0.2) is 11.6 Å². The van der Waals surface area contributed by atoms with Gasteiger partial charge in [-0.1, -0.05) is 24.3 Å². The molecule has 2 atom stereocenters. The van der Waals surface area contributed by atoms with Crippen LogP contribution in [0.5, 0.6) is 5.75 Å². The number of rotatable bonds is 3. The van der Waals surface area contributed by atoms with Gasteiger partial charge in [0.25, 0.3) is 0 Å². The van der Waals surface area contributed by atoms with E-state index in [-0.39, 0.29) is 17.9 Å². The number of fused-ring (bicyclic) bond motifs is 1. The number of piperidine rings is 1. The molecule has 0 spiro atoms. The number of aliphatic hydroxyl groups is 1. The van der Waals surface area contributed by atoms with Crippen molar-refractivity contribution >= 4 is 0 Å². The summed E-state index contributed by atoms with van der Waals surface area (Å²) in [5.74, 6) is -1.16. The molecule has 1 aliphatic heterocycles. The monoisotopic (exact) mass is 345 g/mol. The van der Waals surface area contributed by atoms with Crippen LogP contribution in [0.25, 0.3) is 0 Å². The summed E-state index contributed by atoms with van der Waals surface area (Å²) in [5, 5.41) is 10.6. The molecule has 1 heterocycles. The first-order valence-corrected chi connectivity index (χ1v) is 8.73. The normalized spacial score (nSPS) is 24.3. The van der Waals surface area contributed by atoms with Crippen molar-refractivity contribution in [2.75, 3.05) is 13.1 Å². The highest BCUT2D eigenvalue weighted by molar-refractivity contribution is 5.36. The standard InChI is InChI=1S/C20H21F2NO2/c21-14-5-6-19(17(22)12-14)25-15-7-9-23(10-8-15)18-11-13-3-1-2-4-16(13)20(18)24/h1-6,12,15,18,20,24H,7-11H2. The zero-order chi connectivity index (χ0) is 17.4. The summed E-state index contributed by atoms with van der Waals surface area (Å²) in [6.07, 6.45) is 1.84. The average Bonchev–Trinajstić information content (AvgIpc) is 2.95. The van der Waals surface area contributed by atoms with Gasteiger partial charge in [0, 0.05) is 25.2 Å². The first-order valence-electron chi connectivity index (χ1n) is 8.73. The second-order valence-corrected chi connectivity index (χ2v) is 6.84. The SMILES string of the molecule is OC1c2ccccc2CC1N1CCC(Oc2ccc(F)cc2F)CC1. The Balaban J connectivity index is 1.36. The van der Waals surface area contributed by atoms with E-state index >= 15 is 0 Å². The Labute approximate surface area is 145 Å². The summed E-state index contributed by atoms with van der Waals surface area (Å²) in [5.41, 5.74) is 2.24. The first kappa shape index (κ1) is 16.5. The van der Waals surface area contributed by atoms with Crippen LogP contribution >= 0.6 is 0 Å². The molecule has 0 radical (unpaired) electrons. The fourth-order valence-electron chi connectivity index (χ4n) is 3.96. The summed E-state index contributed by atoms with van der Waals surface area (Å²) < 4.78 is 32.4. The first-order chi connectivity index (χ1) is 12.1. The molecule has 132 valence electrons. The number of halogens is 2. The second kappa shape index (κ2) is 6.73. The van der Waals surface area contributed by atoms with E-state index in [9.17, 15) is 13.9 Å². The van der Waals surface area contributed by atoms with Gasteiger partial charge >= 0.3 is 0 Å². The molecule has 1 fully saturated rings. The van der Waals surface area contributed by atoms with E-state index < -0.39 is 17.7 Å². The quantitative estimate of drug-likeness (QED) is 0.925. The second-order valence-electron chi connectivity index (χ2n) is 6.84. The maximum absolute atomic E-state index is 13.7. The van der Waals surface area contributed by atoms with Gasteiger partial charge in [0.05, 0.1) is 6.10 Å². The van der Waals surface area contributed by atoms with Gasteiger partial charge in [-0.05, 0) is 42.5 Å². The van der Waals surface area contributed by atoms with Gasteiger partial charge in [0.2, 0.25) is 0 Å². The van der Waals surface area contributed by atoms with Gasteiger partial charge in [0.1, 0.15) is 11.9 Å². The van der Waals surface area contributed by atoms with E-state index in [4.69, 9.17) is 4.74 Å². The van der Waals surface area contributed by atoms with E-state index in [2.05, 4.69) is 11.0 Å². The fourth-order valence-corrected chi connectivity index (χ4v) is 3.96. The van der Waals surface area contributed by atoms with Gasteiger partial charge in [-0.2, -0.15) is 0 Å². The molecule has 4 rings (SSSR count). The Morgan fingerprint density at radius 2 is 1.80 bits per heavy atom. The lowest BCUT2D eigenvalue weighted by atomic mass is 10.0. The number of likely N-dealkylation sites (tertiary alicyclic amines) is 1. The zero-order valence-electron chi connectivity index (χ0n) is 13.9. The van der Waals surface area contributed by atoms with Crippen molar-refractivity contribution in [3.63, 3.8) is 0 Å². The molecule has 2 aliphatic rings. The van der Waals surface area contributed by atoms with E-state index in [0.717, 1.165) is 44.0 Å². The highest BCUT2D eigenvalue weighted by atomic mass is 19.1. The lowest BCUT2D eigenvalue weighted by molar-refractivity contribution is 0.0206. The Kier molecular flexibility index (Phi) is 4.44. The minimum Gasteiger partial charge on any atom is -0.487 e. The maximum atomic E-state index is 13.7. The smallest absolute Gasteiger partial charge is 0.167 e. The number of nitrogens with zero attached hydrogens (tertiary/aromatic N) is 1.